The first-order valence-corrected chi connectivity index (χ1v) is 5.19. The number of fused-ring (bicyclic) bond motifs is 1. The molecule has 2 heterocycles. The SMILES string of the molecule is Cc1cc(-c2ccc3nc[nH]c3c2)ccn1. The fourth-order valence-electron chi connectivity index (χ4n) is 1.84. The lowest BCUT2D eigenvalue weighted by molar-refractivity contribution is 1.20. The fraction of sp³-hybridized carbons (Fsp3) is 0.0769. The highest BCUT2D eigenvalue weighted by Gasteiger charge is 2.01. The minimum absolute atomic E-state index is 0.995. The number of hydrogen-bond acceptors (Lipinski definition) is 2. The van der Waals surface area contributed by atoms with Gasteiger partial charge in [-0.15, -0.1) is 0 Å². The van der Waals surface area contributed by atoms with Gasteiger partial charge in [-0.1, -0.05) is 6.07 Å². The molecule has 78 valence electrons. The van der Waals surface area contributed by atoms with Gasteiger partial charge in [-0.3, -0.25) is 4.98 Å². The number of aromatic nitrogens is 3. The summed E-state index contributed by atoms with van der Waals surface area (Å²) < 4.78 is 0. The molecule has 3 aromatic rings. The molecular weight excluding hydrogens is 198 g/mol. The molecule has 16 heavy (non-hydrogen) atoms. The van der Waals surface area contributed by atoms with E-state index in [9.17, 15) is 0 Å². The molecule has 3 nitrogen and oxygen atoms in total. The molecule has 1 aromatic carbocycles. The number of aromatic amines is 1. The van der Waals surface area contributed by atoms with E-state index in [4.69, 9.17) is 0 Å². The smallest absolute Gasteiger partial charge is 0.0931 e. The highest BCUT2D eigenvalue weighted by atomic mass is 14.9. The van der Waals surface area contributed by atoms with E-state index in [1.807, 2.05) is 25.3 Å². The second kappa shape index (κ2) is 3.45. The molecule has 0 spiro atoms. The van der Waals surface area contributed by atoms with Crippen LogP contribution in [0.1, 0.15) is 5.69 Å². The Kier molecular flexibility index (Phi) is 1.96. The van der Waals surface area contributed by atoms with E-state index in [2.05, 4.69) is 33.2 Å². The second-order valence-corrected chi connectivity index (χ2v) is 3.82. The van der Waals surface area contributed by atoms with Gasteiger partial charge in [-0.25, -0.2) is 4.98 Å². The summed E-state index contributed by atoms with van der Waals surface area (Å²) in [5.41, 5.74) is 5.45. The van der Waals surface area contributed by atoms with Crippen molar-refractivity contribution in [3.05, 3.63) is 48.5 Å². The Morgan fingerprint density at radius 1 is 1.00 bits per heavy atom. The van der Waals surface area contributed by atoms with Crippen LogP contribution in [0.5, 0.6) is 0 Å². The van der Waals surface area contributed by atoms with Gasteiger partial charge in [-0.2, -0.15) is 0 Å². The molecule has 0 amide bonds. The molecule has 1 N–H and O–H groups in total. The van der Waals surface area contributed by atoms with Crippen LogP contribution < -0.4 is 0 Å². The molecule has 0 saturated carbocycles. The minimum Gasteiger partial charge on any atom is -0.345 e. The number of aryl methyl sites for hydroxylation is 1. The number of benzene rings is 1. The normalized spacial score (nSPS) is 10.8. The number of nitrogens with one attached hydrogen (secondary N) is 1. The van der Waals surface area contributed by atoms with Crippen molar-refractivity contribution in [2.24, 2.45) is 0 Å². The zero-order chi connectivity index (χ0) is 11.0. The molecule has 0 fully saturated rings. The predicted molar refractivity (Wildman–Crippen MR) is 64.1 cm³/mol. The van der Waals surface area contributed by atoms with Crippen LogP contribution in [-0.4, -0.2) is 15.0 Å². The van der Waals surface area contributed by atoms with Crippen LogP contribution in [0.4, 0.5) is 0 Å². The van der Waals surface area contributed by atoms with E-state index < -0.39 is 0 Å². The van der Waals surface area contributed by atoms with Gasteiger partial charge in [-0.05, 0) is 42.3 Å². The minimum atomic E-state index is 0.995. The van der Waals surface area contributed by atoms with Crippen molar-refractivity contribution in [3.63, 3.8) is 0 Å². The Labute approximate surface area is 93.2 Å². The number of nitrogens with zero attached hydrogens (tertiary/aromatic N) is 2. The summed E-state index contributed by atoms with van der Waals surface area (Å²) in [7, 11) is 0. The van der Waals surface area contributed by atoms with E-state index in [1.165, 1.54) is 11.1 Å². The van der Waals surface area contributed by atoms with Crippen LogP contribution in [0.2, 0.25) is 0 Å². The van der Waals surface area contributed by atoms with Crippen molar-refractivity contribution in [3.8, 4) is 11.1 Å². The van der Waals surface area contributed by atoms with Crippen molar-refractivity contribution in [1.29, 1.82) is 0 Å². The third-order valence-electron chi connectivity index (χ3n) is 2.65. The Bertz CT molecular complexity index is 640. The van der Waals surface area contributed by atoms with Gasteiger partial charge in [0.15, 0.2) is 0 Å². The average molecular weight is 209 g/mol. The largest absolute Gasteiger partial charge is 0.345 e. The van der Waals surface area contributed by atoms with E-state index in [-0.39, 0.29) is 0 Å². The Hall–Kier alpha value is -2.16. The zero-order valence-corrected chi connectivity index (χ0v) is 8.94. The first-order chi connectivity index (χ1) is 7.83. The molecule has 0 atom stereocenters. The standard InChI is InChI=1S/C13H11N3/c1-9-6-11(4-5-14-9)10-2-3-12-13(7-10)16-8-15-12/h2-8H,1H3,(H,15,16). The van der Waals surface area contributed by atoms with Gasteiger partial charge < -0.3 is 4.98 Å². The van der Waals surface area contributed by atoms with Gasteiger partial charge in [0.05, 0.1) is 17.4 Å². The van der Waals surface area contributed by atoms with E-state index >= 15 is 0 Å². The molecule has 0 unspecified atom stereocenters. The summed E-state index contributed by atoms with van der Waals surface area (Å²) in [5.74, 6) is 0. The Morgan fingerprint density at radius 3 is 2.75 bits per heavy atom. The van der Waals surface area contributed by atoms with Gasteiger partial charge in [0.25, 0.3) is 0 Å². The van der Waals surface area contributed by atoms with Crippen LogP contribution in [0.15, 0.2) is 42.9 Å². The van der Waals surface area contributed by atoms with Gasteiger partial charge in [0.2, 0.25) is 0 Å². The number of pyridine rings is 1. The predicted octanol–water partition coefficient (Wildman–Crippen LogP) is 2.93. The van der Waals surface area contributed by atoms with Crippen LogP contribution in [0.25, 0.3) is 22.2 Å². The topological polar surface area (TPSA) is 41.6 Å². The van der Waals surface area contributed by atoms with Crippen molar-refractivity contribution in [2.45, 2.75) is 6.92 Å². The van der Waals surface area contributed by atoms with Gasteiger partial charge in [0, 0.05) is 11.9 Å². The molecule has 0 saturated heterocycles. The summed E-state index contributed by atoms with van der Waals surface area (Å²) in [6.45, 7) is 2.00. The number of H-pyrrole nitrogens is 1. The molecule has 3 rings (SSSR count). The van der Waals surface area contributed by atoms with Crippen LogP contribution in [-0.2, 0) is 0 Å². The first kappa shape index (κ1) is 9.09. The summed E-state index contributed by atoms with van der Waals surface area (Å²) in [6, 6.07) is 10.3. The molecular formula is C13H11N3. The number of hydrogen-bond donors (Lipinski definition) is 1. The van der Waals surface area contributed by atoms with Crippen LogP contribution in [0, 0.1) is 6.92 Å². The Balaban J connectivity index is 2.18. The lowest BCUT2D eigenvalue weighted by Crippen LogP contribution is -1.83. The Morgan fingerprint density at radius 2 is 1.88 bits per heavy atom. The zero-order valence-electron chi connectivity index (χ0n) is 8.94. The molecule has 0 aliphatic rings. The average Bonchev–Trinajstić information content (AvgIpc) is 2.75. The van der Waals surface area contributed by atoms with Gasteiger partial charge >= 0.3 is 0 Å². The molecule has 0 aliphatic carbocycles. The molecule has 0 aliphatic heterocycles. The van der Waals surface area contributed by atoms with E-state index in [0.717, 1.165) is 16.7 Å². The molecule has 0 bridgehead atoms. The quantitative estimate of drug-likeness (QED) is 0.669. The van der Waals surface area contributed by atoms with Crippen molar-refractivity contribution >= 4 is 11.0 Å². The van der Waals surface area contributed by atoms with Crippen LogP contribution >= 0.6 is 0 Å². The van der Waals surface area contributed by atoms with Crippen LogP contribution in [0.3, 0.4) is 0 Å². The van der Waals surface area contributed by atoms with Crippen molar-refractivity contribution in [1.82, 2.24) is 15.0 Å². The highest BCUT2D eigenvalue weighted by molar-refractivity contribution is 5.81. The third kappa shape index (κ3) is 1.46. The molecule has 3 heteroatoms. The maximum Gasteiger partial charge on any atom is 0.0931 e. The number of rotatable bonds is 1. The fourth-order valence-corrected chi connectivity index (χ4v) is 1.84. The summed E-state index contributed by atoms with van der Waals surface area (Å²) >= 11 is 0. The highest BCUT2D eigenvalue weighted by Crippen LogP contribution is 2.22. The van der Waals surface area contributed by atoms with Crippen molar-refractivity contribution in [2.75, 3.05) is 0 Å². The number of imidazole rings is 1. The van der Waals surface area contributed by atoms with E-state index in [1.54, 1.807) is 6.33 Å². The lowest BCUT2D eigenvalue weighted by atomic mass is 10.1. The lowest BCUT2D eigenvalue weighted by Gasteiger charge is -2.02. The summed E-state index contributed by atoms with van der Waals surface area (Å²) in [4.78, 5) is 11.5. The second-order valence-electron chi connectivity index (χ2n) is 3.82. The van der Waals surface area contributed by atoms with Crippen molar-refractivity contribution < 1.29 is 0 Å². The summed E-state index contributed by atoms with van der Waals surface area (Å²) in [6.07, 6.45) is 3.55. The van der Waals surface area contributed by atoms with E-state index in [0.29, 0.717) is 0 Å². The summed E-state index contributed by atoms with van der Waals surface area (Å²) in [5, 5.41) is 0. The molecule has 0 radical (unpaired) electrons. The third-order valence-corrected chi connectivity index (χ3v) is 2.65. The first-order valence-electron chi connectivity index (χ1n) is 5.19. The van der Waals surface area contributed by atoms with Gasteiger partial charge in [0.1, 0.15) is 0 Å². The monoisotopic (exact) mass is 209 g/mol. The molecule has 2 aromatic heterocycles. The maximum absolute atomic E-state index is 4.20. The maximum atomic E-state index is 4.20.